The maximum absolute atomic E-state index is 13.9. The Morgan fingerprint density at radius 2 is 1.86 bits per heavy atom. The highest BCUT2D eigenvalue weighted by Gasteiger charge is 2.49. The number of likely N-dealkylation sites (tertiary alicyclic amines) is 1. The molecule has 0 aromatic heterocycles. The number of nitrogens with two attached hydrogens (primary N) is 2. The van der Waals surface area contributed by atoms with E-state index < -0.39 is 21.7 Å². The minimum absolute atomic E-state index is 0.0120. The molecule has 11 heteroatoms. The van der Waals surface area contributed by atoms with Gasteiger partial charge in [0.1, 0.15) is 5.75 Å². The van der Waals surface area contributed by atoms with E-state index in [1.54, 1.807) is 17.0 Å². The molecule has 1 saturated heterocycles. The summed E-state index contributed by atoms with van der Waals surface area (Å²) in [6.07, 6.45) is 5.43. The summed E-state index contributed by atoms with van der Waals surface area (Å²) >= 11 is 0. The lowest BCUT2D eigenvalue weighted by Crippen LogP contribution is -2.58. The van der Waals surface area contributed by atoms with Crippen molar-refractivity contribution in [3.63, 3.8) is 0 Å². The van der Waals surface area contributed by atoms with E-state index in [0.717, 1.165) is 36.1 Å². The van der Waals surface area contributed by atoms with Gasteiger partial charge in [-0.3, -0.25) is 4.79 Å². The maximum atomic E-state index is 13.9. The van der Waals surface area contributed by atoms with Crippen LogP contribution >= 0.6 is 0 Å². The van der Waals surface area contributed by atoms with Crippen molar-refractivity contribution in [2.24, 2.45) is 22.7 Å². The Bertz CT molecular complexity index is 1080. The number of amides is 2. The number of benzene rings is 1. The van der Waals surface area contributed by atoms with Gasteiger partial charge >= 0.3 is 6.09 Å². The van der Waals surface area contributed by atoms with Gasteiger partial charge in [0.25, 0.3) is 10.2 Å². The number of hydrogen-bond acceptors (Lipinski definition) is 6. The molecule has 1 saturated carbocycles. The summed E-state index contributed by atoms with van der Waals surface area (Å²) in [6.45, 7) is 6.81. The Morgan fingerprint density at radius 1 is 1.19 bits per heavy atom. The third kappa shape index (κ3) is 5.85. The number of nitrogens with one attached hydrogen (secondary N) is 1. The highest BCUT2D eigenvalue weighted by atomic mass is 32.2. The molecule has 0 atom stereocenters. The zero-order valence-electron chi connectivity index (χ0n) is 21.2. The van der Waals surface area contributed by atoms with Crippen LogP contribution in [0.3, 0.4) is 0 Å². The number of ether oxygens (including phenoxy) is 1. The number of fused-ring (bicyclic) bond motifs is 2. The fraction of sp³-hybridized carbons (Fsp3) is 0.680. The zero-order valence-corrected chi connectivity index (χ0v) is 22.1. The van der Waals surface area contributed by atoms with E-state index in [2.05, 4.69) is 23.5 Å². The van der Waals surface area contributed by atoms with Crippen LogP contribution in [0.4, 0.5) is 4.79 Å². The smallest absolute Gasteiger partial charge is 0.409 e. The molecule has 2 aliphatic heterocycles. The number of carbonyl (C=O) groups is 2. The highest BCUT2D eigenvalue weighted by Crippen LogP contribution is 2.45. The summed E-state index contributed by atoms with van der Waals surface area (Å²) in [7, 11) is -3.85. The molecule has 0 radical (unpaired) electrons. The number of primary amides is 1. The summed E-state index contributed by atoms with van der Waals surface area (Å²) in [5, 5.41) is 5.07. The van der Waals surface area contributed by atoms with Gasteiger partial charge < -0.3 is 20.3 Å². The third-order valence-electron chi connectivity index (χ3n) is 8.41. The SMILES string of the molecule is CC(C)[C@H]1CC[C@@H](N2CCC3(CC2)C(=O)N(CCNS(N)(=O)=O)Cc2cc(OC(N)=O)ccc23)CC1. The Hall–Kier alpha value is -2.21. The lowest BCUT2D eigenvalue weighted by molar-refractivity contribution is -0.142. The summed E-state index contributed by atoms with van der Waals surface area (Å²) in [5.74, 6) is 1.87. The van der Waals surface area contributed by atoms with Crippen LogP contribution in [0.5, 0.6) is 5.75 Å². The summed E-state index contributed by atoms with van der Waals surface area (Å²) < 4.78 is 30.0. The van der Waals surface area contributed by atoms with Crippen molar-refractivity contribution in [1.29, 1.82) is 0 Å². The molecule has 3 aliphatic rings. The van der Waals surface area contributed by atoms with Crippen molar-refractivity contribution in [1.82, 2.24) is 14.5 Å². The molecular formula is C25H39N5O5S. The van der Waals surface area contributed by atoms with Crippen molar-refractivity contribution < 1.29 is 22.7 Å². The van der Waals surface area contributed by atoms with E-state index in [1.165, 1.54) is 25.7 Å². The molecular weight excluding hydrogens is 482 g/mol. The maximum Gasteiger partial charge on any atom is 0.409 e. The average Bonchev–Trinajstić information content (AvgIpc) is 2.81. The first kappa shape index (κ1) is 26.8. The van der Waals surface area contributed by atoms with E-state index in [0.29, 0.717) is 31.2 Å². The summed E-state index contributed by atoms with van der Waals surface area (Å²) in [4.78, 5) is 29.4. The second kappa shape index (κ2) is 10.6. The Morgan fingerprint density at radius 3 is 2.44 bits per heavy atom. The zero-order chi connectivity index (χ0) is 26.1. The molecule has 1 spiro atoms. The molecule has 4 rings (SSSR count). The normalized spacial score (nSPS) is 24.7. The molecule has 36 heavy (non-hydrogen) atoms. The fourth-order valence-corrected chi connectivity index (χ4v) is 6.81. The monoisotopic (exact) mass is 521 g/mol. The Kier molecular flexibility index (Phi) is 7.94. The van der Waals surface area contributed by atoms with E-state index >= 15 is 0 Å². The van der Waals surface area contributed by atoms with Crippen LogP contribution < -0.4 is 20.3 Å². The van der Waals surface area contributed by atoms with Crippen molar-refractivity contribution in [2.75, 3.05) is 26.2 Å². The number of rotatable bonds is 7. The van der Waals surface area contributed by atoms with Crippen LogP contribution in [0.2, 0.25) is 0 Å². The first-order valence-electron chi connectivity index (χ1n) is 12.9. The molecule has 0 unspecified atom stereocenters. The molecule has 1 aliphatic carbocycles. The molecule has 2 heterocycles. The van der Waals surface area contributed by atoms with Gasteiger partial charge in [-0.1, -0.05) is 19.9 Å². The minimum Gasteiger partial charge on any atom is -0.410 e. The average molecular weight is 522 g/mol. The predicted molar refractivity (Wildman–Crippen MR) is 136 cm³/mol. The first-order valence-corrected chi connectivity index (χ1v) is 14.4. The molecule has 2 amide bonds. The van der Waals surface area contributed by atoms with Gasteiger partial charge in [0.05, 0.1) is 5.41 Å². The molecule has 10 nitrogen and oxygen atoms in total. The van der Waals surface area contributed by atoms with Gasteiger partial charge in [0.15, 0.2) is 0 Å². The molecule has 0 bridgehead atoms. The van der Waals surface area contributed by atoms with E-state index in [1.807, 2.05) is 6.07 Å². The van der Waals surface area contributed by atoms with Crippen LogP contribution in [0.1, 0.15) is 63.5 Å². The van der Waals surface area contributed by atoms with Gasteiger partial charge in [-0.2, -0.15) is 8.42 Å². The van der Waals surface area contributed by atoms with Crippen LogP contribution in [-0.4, -0.2) is 62.4 Å². The minimum atomic E-state index is -3.85. The van der Waals surface area contributed by atoms with E-state index in [9.17, 15) is 18.0 Å². The topological polar surface area (TPSA) is 148 Å². The van der Waals surface area contributed by atoms with Crippen LogP contribution in [0.15, 0.2) is 18.2 Å². The number of carbonyl (C=O) groups excluding carboxylic acids is 2. The molecule has 1 aromatic rings. The van der Waals surface area contributed by atoms with E-state index in [4.69, 9.17) is 15.6 Å². The third-order valence-corrected chi connectivity index (χ3v) is 9.01. The van der Waals surface area contributed by atoms with Crippen molar-refractivity contribution in [3.8, 4) is 5.75 Å². The number of nitrogens with zero attached hydrogens (tertiary/aromatic N) is 2. The van der Waals surface area contributed by atoms with Gasteiger partial charge in [-0.25, -0.2) is 14.7 Å². The van der Waals surface area contributed by atoms with Gasteiger partial charge in [0, 0.05) is 25.7 Å². The van der Waals surface area contributed by atoms with Crippen LogP contribution in [0.25, 0.3) is 0 Å². The predicted octanol–water partition coefficient (Wildman–Crippen LogP) is 1.83. The first-order chi connectivity index (χ1) is 17.0. The Labute approximate surface area is 213 Å². The van der Waals surface area contributed by atoms with Gasteiger partial charge in [-0.15, -0.1) is 0 Å². The lowest BCUT2D eigenvalue weighted by atomic mass is 9.67. The standard InChI is InChI=1S/C25H39N5O5S/c1-17(2)18-3-5-20(6-4-18)29-12-9-25(10-13-29)22-8-7-21(35-24(26)32)15-19(22)16-30(23(25)31)14-11-28-36(27,33)34/h7-8,15,17-18,20,28H,3-6,9-14,16H2,1-2H3,(H2,26,32)(H2,27,33,34)/t18-,20+. The molecule has 5 N–H and O–H groups in total. The molecule has 200 valence electrons. The van der Waals surface area contributed by atoms with Gasteiger partial charge in [-0.05, 0) is 86.7 Å². The van der Waals surface area contributed by atoms with Crippen LogP contribution in [-0.2, 0) is 27.0 Å². The highest BCUT2D eigenvalue weighted by molar-refractivity contribution is 7.87. The van der Waals surface area contributed by atoms with Crippen molar-refractivity contribution >= 4 is 22.2 Å². The van der Waals surface area contributed by atoms with Crippen molar-refractivity contribution in [3.05, 3.63) is 29.3 Å². The quantitative estimate of drug-likeness (QED) is 0.499. The largest absolute Gasteiger partial charge is 0.410 e. The fourth-order valence-electron chi connectivity index (χ4n) is 6.43. The van der Waals surface area contributed by atoms with Gasteiger partial charge in [0.2, 0.25) is 5.91 Å². The number of piperidine rings is 1. The Balaban J connectivity index is 1.53. The summed E-state index contributed by atoms with van der Waals surface area (Å²) in [6, 6.07) is 5.90. The van der Waals surface area contributed by atoms with Crippen molar-refractivity contribution in [2.45, 2.75) is 70.4 Å². The molecule has 2 fully saturated rings. The molecule has 1 aromatic carbocycles. The number of hydrogen-bond donors (Lipinski definition) is 3. The van der Waals surface area contributed by atoms with Crippen LogP contribution in [0, 0.1) is 11.8 Å². The second-order valence-corrected chi connectivity index (χ2v) is 12.2. The van der Waals surface area contributed by atoms with E-state index in [-0.39, 0.29) is 19.0 Å². The summed E-state index contributed by atoms with van der Waals surface area (Å²) in [5.41, 5.74) is 6.35. The second-order valence-electron chi connectivity index (χ2n) is 10.8. The lowest BCUT2D eigenvalue weighted by Gasteiger charge is -2.49.